The Morgan fingerprint density at radius 3 is 2.05 bits per heavy atom. The van der Waals surface area contributed by atoms with Crippen molar-refractivity contribution in [2.45, 2.75) is 112 Å². The Morgan fingerprint density at radius 1 is 0.884 bits per heavy atom. The van der Waals surface area contributed by atoms with Gasteiger partial charge in [-0.15, -0.1) is 0 Å². The molecule has 0 aliphatic carbocycles. The summed E-state index contributed by atoms with van der Waals surface area (Å²) in [6, 6.07) is 10.9. The van der Waals surface area contributed by atoms with Gasteiger partial charge in [-0.1, -0.05) is 51.5 Å². The fourth-order valence-electron chi connectivity index (χ4n) is 4.99. The van der Waals surface area contributed by atoms with Crippen LogP contribution in [0, 0.1) is 25.7 Å². The Bertz CT molecular complexity index is 1220. The Labute approximate surface area is 258 Å². The van der Waals surface area contributed by atoms with Gasteiger partial charge in [0.1, 0.15) is 23.4 Å². The molecule has 0 radical (unpaired) electrons. The molecule has 2 aromatic rings. The first kappa shape index (κ1) is 35.6. The van der Waals surface area contributed by atoms with E-state index in [2.05, 4.69) is 24.5 Å². The number of carbonyl (C=O) groups is 3. The van der Waals surface area contributed by atoms with Gasteiger partial charge in [-0.05, 0) is 108 Å². The molecule has 0 fully saturated rings. The standard InChI is InChI=1S/C35H53N3O5/c1-22(2)12-15-26(7)38(33(40)30(20-23(3)4)37-34(41)43-35(8,9)10)31(29-21-24(5)13-14-25(29)6)32(39)36-27-16-18-28(42-11)19-17-27/h13-14,16-19,21-23,26,30-31H,12,15,20H2,1-11H3,(H,36,39)(H,37,41). The number of ether oxygens (including phenoxy) is 2. The minimum absolute atomic E-state index is 0.101. The molecule has 0 saturated carbocycles. The molecule has 0 bridgehead atoms. The van der Waals surface area contributed by atoms with Gasteiger partial charge < -0.3 is 25.0 Å². The number of carbonyl (C=O) groups excluding carboxylic acids is 3. The van der Waals surface area contributed by atoms with Gasteiger partial charge in [0.25, 0.3) is 5.91 Å². The minimum Gasteiger partial charge on any atom is -0.497 e. The summed E-state index contributed by atoms with van der Waals surface area (Å²) in [5.74, 6) is 0.547. The molecule has 0 spiro atoms. The number of benzene rings is 2. The molecule has 3 unspecified atom stereocenters. The molecule has 8 nitrogen and oxygen atoms in total. The normalized spacial score (nSPS) is 13.7. The summed E-state index contributed by atoms with van der Waals surface area (Å²) in [7, 11) is 1.59. The van der Waals surface area contributed by atoms with Crippen molar-refractivity contribution >= 4 is 23.6 Å². The Balaban J connectivity index is 2.68. The van der Waals surface area contributed by atoms with Crippen LogP contribution in [0.25, 0.3) is 0 Å². The molecule has 0 saturated heterocycles. The molecular weight excluding hydrogens is 542 g/mol. The Hall–Kier alpha value is -3.55. The van der Waals surface area contributed by atoms with Gasteiger partial charge in [0.15, 0.2) is 0 Å². The molecule has 43 heavy (non-hydrogen) atoms. The number of anilines is 1. The average Bonchev–Trinajstić information content (AvgIpc) is 2.90. The number of hydrogen-bond acceptors (Lipinski definition) is 5. The third-order valence-corrected chi connectivity index (χ3v) is 7.20. The van der Waals surface area contributed by atoms with Gasteiger partial charge in [-0.2, -0.15) is 0 Å². The fraction of sp³-hybridized carbons (Fsp3) is 0.571. The van der Waals surface area contributed by atoms with E-state index < -0.39 is 23.8 Å². The molecule has 2 rings (SSSR count). The zero-order chi connectivity index (χ0) is 32.5. The van der Waals surface area contributed by atoms with E-state index >= 15 is 0 Å². The number of alkyl carbamates (subject to hydrolysis) is 1. The van der Waals surface area contributed by atoms with E-state index in [-0.39, 0.29) is 23.8 Å². The van der Waals surface area contributed by atoms with Crippen LogP contribution >= 0.6 is 0 Å². The van der Waals surface area contributed by atoms with Crippen LogP contribution in [-0.4, -0.2) is 47.6 Å². The second-order valence-corrected chi connectivity index (χ2v) is 13.4. The van der Waals surface area contributed by atoms with Crippen LogP contribution in [-0.2, 0) is 14.3 Å². The molecule has 2 N–H and O–H groups in total. The topological polar surface area (TPSA) is 97.0 Å². The summed E-state index contributed by atoms with van der Waals surface area (Å²) in [6.45, 7) is 19.6. The van der Waals surface area contributed by atoms with Gasteiger partial charge >= 0.3 is 6.09 Å². The number of rotatable bonds is 13. The largest absolute Gasteiger partial charge is 0.497 e. The maximum Gasteiger partial charge on any atom is 0.408 e. The molecule has 3 amide bonds. The van der Waals surface area contributed by atoms with E-state index in [9.17, 15) is 14.4 Å². The first-order valence-electron chi connectivity index (χ1n) is 15.4. The summed E-state index contributed by atoms with van der Waals surface area (Å²) >= 11 is 0. The summed E-state index contributed by atoms with van der Waals surface area (Å²) < 4.78 is 10.8. The Kier molecular flexibility index (Phi) is 13.1. The van der Waals surface area contributed by atoms with Gasteiger partial charge in [0.05, 0.1) is 7.11 Å². The summed E-state index contributed by atoms with van der Waals surface area (Å²) in [6.07, 6.45) is 1.30. The van der Waals surface area contributed by atoms with E-state index in [4.69, 9.17) is 9.47 Å². The van der Waals surface area contributed by atoms with E-state index in [0.717, 1.165) is 23.1 Å². The Morgan fingerprint density at radius 2 is 1.51 bits per heavy atom. The van der Waals surface area contributed by atoms with Crippen molar-refractivity contribution in [2.75, 3.05) is 12.4 Å². The van der Waals surface area contributed by atoms with Crippen molar-refractivity contribution in [2.24, 2.45) is 11.8 Å². The highest BCUT2D eigenvalue weighted by atomic mass is 16.6. The average molecular weight is 596 g/mol. The van der Waals surface area contributed by atoms with Crippen molar-refractivity contribution in [3.8, 4) is 5.75 Å². The predicted octanol–water partition coefficient (Wildman–Crippen LogP) is 7.58. The molecule has 3 atom stereocenters. The molecule has 8 heteroatoms. The van der Waals surface area contributed by atoms with Crippen LogP contribution in [0.1, 0.15) is 97.4 Å². The van der Waals surface area contributed by atoms with Gasteiger partial charge in [0, 0.05) is 11.7 Å². The van der Waals surface area contributed by atoms with Crippen LogP contribution in [0.3, 0.4) is 0 Å². The molecule has 0 aliphatic heterocycles. The molecule has 0 aromatic heterocycles. The lowest BCUT2D eigenvalue weighted by molar-refractivity contribution is -0.144. The maximum absolute atomic E-state index is 14.7. The smallest absolute Gasteiger partial charge is 0.408 e. The third-order valence-electron chi connectivity index (χ3n) is 7.20. The SMILES string of the molecule is COc1ccc(NC(=O)C(c2cc(C)ccc2C)N(C(=O)C(CC(C)C)NC(=O)OC(C)(C)C)C(C)CCC(C)C)cc1. The van der Waals surface area contributed by atoms with Crippen LogP contribution < -0.4 is 15.4 Å². The predicted molar refractivity (Wildman–Crippen MR) is 173 cm³/mol. The van der Waals surface area contributed by atoms with E-state index in [1.54, 1.807) is 57.0 Å². The highest BCUT2D eigenvalue weighted by Crippen LogP contribution is 2.32. The second kappa shape index (κ2) is 15.8. The monoisotopic (exact) mass is 595 g/mol. The summed E-state index contributed by atoms with van der Waals surface area (Å²) in [5, 5.41) is 5.89. The number of amides is 3. The zero-order valence-electron chi connectivity index (χ0n) is 28.0. The number of nitrogens with zero attached hydrogens (tertiary/aromatic N) is 1. The van der Waals surface area contributed by atoms with Crippen molar-refractivity contribution in [1.82, 2.24) is 10.2 Å². The van der Waals surface area contributed by atoms with Gasteiger partial charge in [-0.3, -0.25) is 9.59 Å². The molecule has 2 aromatic carbocycles. The van der Waals surface area contributed by atoms with Gasteiger partial charge in [-0.25, -0.2) is 4.79 Å². The van der Waals surface area contributed by atoms with Crippen molar-refractivity contribution in [3.63, 3.8) is 0 Å². The number of methoxy groups -OCH3 is 1. The maximum atomic E-state index is 14.7. The summed E-state index contributed by atoms with van der Waals surface area (Å²) in [5.41, 5.74) is 2.50. The van der Waals surface area contributed by atoms with E-state index in [0.29, 0.717) is 30.2 Å². The first-order valence-corrected chi connectivity index (χ1v) is 15.4. The molecule has 0 heterocycles. The summed E-state index contributed by atoms with van der Waals surface area (Å²) in [4.78, 5) is 43.6. The van der Waals surface area contributed by atoms with Crippen LogP contribution in [0.4, 0.5) is 10.5 Å². The molecular formula is C35H53N3O5. The molecule has 0 aliphatic rings. The highest BCUT2D eigenvalue weighted by Gasteiger charge is 2.39. The lowest BCUT2D eigenvalue weighted by Crippen LogP contribution is -2.55. The lowest BCUT2D eigenvalue weighted by Gasteiger charge is -2.39. The van der Waals surface area contributed by atoms with Crippen LogP contribution in [0.15, 0.2) is 42.5 Å². The second-order valence-electron chi connectivity index (χ2n) is 13.4. The minimum atomic E-state index is -0.938. The van der Waals surface area contributed by atoms with E-state index in [1.807, 2.05) is 52.8 Å². The highest BCUT2D eigenvalue weighted by molar-refractivity contribution is 5.99. The van der Waals surface area contributed by atoms with Crippen LogP contribution in [0.5, 0.6) is 5.75 Å². The van der Waals surface area contributed by atoms with Gasteiger partial charge in [0.2, 0.25) is 5.91 Å². The molecule has 238 valence electrons. The van der Waals surface area contributed by atoms with E-state index in [1.165, 1.54) is 0 Å². The lowest BCUT2D eigenvalue weighted by atomic mass is 9.92. The number of nitrogens with one attached hydrogen (secondary N) is 2. The fourth-order valence-corrected chi connectivity index (χ4v) is 4.99. The van der Waals surface area contributed by atoms with Crippen LogP contribution in [0.2, 0.25) is 0 Å². The number of hydrogen-bond donors (Lipinski definition) is 2. The van der Waals surface area contributed by atoms with Crippen molar-refractivity contribution in [1.29, 1.82) is 0 Å². The number of aryl methyl sites for hydroxylation is 2. The third kappa shape index (κ3) is 11.2. The van der Waals surface area contributed by atoms with Crippen molar-refractivity contribution in [3.05, 3.63) is 59.2 Å². The van der Waals surface area contributed by atoms with Crippen molar-refractivity contribution < 1.29 is 23.9 Å². The quantitative estimate of drug-likeness (QED) is 0.249. The zero-order valence-corrected chi connectivity index (χ0v) is 28.0. The first-order chi connectivity index (χ1) is 20.0.